The molecule has 4 rings (SSSR count). The first-order chi connectivity index (χ1) is 16.2. The topological polar surface area (TPSA) is 100 Å². The first-order valence-corrected chi connectivity index (χ1v) is 12.0. The average Bonchev–Trinajstić information content (AvgIpc) is 3.54. The fourth-order valence-electron chi connectivity index (χ4n) is 4.28. The van der Waals surface area contributed by atoms with Gasteiger partial charge in [-0.2, -0.15) is 5.26 Å². The molecule has 1 aliphatic carbocycles. The van der Waals surface area contributed by atoms with Crippen molar-refractivity contribution >= 4 is 29.2 Å². The molecule has 34 heavy (non-hydrogen) atoms. The minimum atomic E-state index is -0.283. The Morgan fingerprint density at radius 1 is 1.35 bits per heavy atom. The van der Waals surface area contributed by atoms with Gasteiger partial charge >= 0.3 is 6.09 Å². The smallest absolute Gasteiger partial charge is 0.410 e. The second-order valence-electron chi connectivity index (χ2n) is 9.53. The number of amides is 1. The van der Waals surface area contributed by atoms with Crippen molar-refractivity contribution in [3.05, 3.63) is 40.7 Å². The highest BCUT2D eigenvalue weighted by atomic mass is 35.5. The number of hydrogen-bond donors (Lipinski definition) is 1. The zero-order chi connectivity index (χ0) is 24.5. The molecule has 9 heteroatoms. The van der Waals surface area contributed by atoms with Gasteiger partial charge < -0.3 is 19.7 Å². The summed E-state index contributed by atoms with van der Waals surface area (Å²) in [6.07, 6.45) is 3.87. The molecular weight excluding hydrogens is 454 g/mol. The van der Waals surface area contributed by atoms with E-state index in [1.807, 2.05) is 18.7 Å². The summed E-state index contributed by atoms with van der Waals surface area (Å²) in [5, 5.41) is 12.7. The summed E-state index contributed by atoms with van der Waals surface area (Å²) >= 11 is 6.32. The molecule has 180 valence electrons. The number of aromatic nitrogens is 2. The summed E-state index contributed by atoms with van der Waals surface area (Å²) in [5.74, 6) is 1.34. The number of carbonyl (C=O) groups excluding carboxylic acids is 1. The van der Waals surface area contributed by atoms with Crippen LogP contribution in [-0.2, 0) is 4.74 Å². The number of piperidine rings is 1. The predicted molar refractivity (Wildman–Crippen MR) is 129 cm³/mol. The lowest BCUT2D eigenvalue weighted by Gasteiger charge is -2.42. The van der Waals surface area contributed by atoms with Gasteiger partial charge in [0.15, 0.2) is 0 Å². The van der Waals surface area contributed by atoms with Crippen LogP contribution in [0.2, 0.25) is 5.02 Å². The summed E-state index contributed by atoms with van der Waals surface area (Å²) in [7, 11) is 0. The summed E-state index contributed by atoms with van der Waals surface area (Å²) in [6.45, 7) is 9.25. The van der Waals surface area contributed by atoms with Gasteiger partial charge in [-0.15, -0.1) is 0 Å². The second-order valence-corrected chi connectivity index (χ2v) is 9.94. The van der Waals surface area contributed by atoms with Crippen LogP contribution in [0.5, 0.6) is 5.88 Å². The van der Waals surface area contributed by atoms with Gasteiger partial charge in [-0.1, -0.05) is 25.4 Å². The second kappa shape index (κ2) is 9.67. The van der Waals surface area contributed by atoms with Crippen molar-refractivity contribution in [3.63, 3.8) is 0 Å². The minimum absolute atomic E-state index is 0.0921. The molecule has 2 heterocycles. The molecule has 1 saturated heterocycles. The van der Waals surface area contributed by atoms with Gasteiger partial charge in [0, 0.05) is 24.9 Å². The molecule has 0 spiro atoms. The van der Waals surface area contributed by atoms with Gasteiger partial charge in [0.05, 0.1) is 27.9 Å². The Labute approximate surface area is 205 Å². The van der Waals surface area contributed by atoms with E-state index < -0.39 is 0 Å². The SMILES string of the molecule is CCC1CN(C(=O)OC2(C)CC2)CC(C)C1Oc1ncnc(Nc2ccc(C#N)cc2Cl)c1C. The molecule has 1 aromatic carbocycles. The van der Waals surface area contributed by atoms with E-state index in [1.165, 1.54) is 6.33 Å². The summed E-state index contributed by atoms with van der Waals surface area (Å²) in [6, 6.07) is 7.11. The molecule has 1 saturated carbocycles. The number of benzene rings is 1. The average molecular weight is 484 g/mol. The Morgan fingerprint density at radius 2 is 2.12 bits per heavy atom. The van der Waals surface area contributed by atoms with E-state index in [4.69, 9.17) is 26.3 Å². The maximum Gasteiger partial charge on any atom is 0.410 e. The van der Waals surface area contributed by atoms with Crippen molar-refractivity contribution in [2.45, 2.75) is 58.7 Å². The molecule has 2 fully saturated rings. The standard InChI is InChI=1S/C25H30ClN5O3/c1-5-18-13-31(24(32)34-25(4)8-9-25)12-15(2)21(18)33-23-16(3)22(28-14-29-23)30-20-7-6-17(11-27)10-19(20)26/h6-7,10,14-15,18,21H,5,8-9,12-13H2,1-4H3,(H,28,29,30). The van der Waals surface area contributed by atoms with Crippen molar-refractivity contribution in [1.29, 1.82) is 5.26 Å². The van der Waals surface area contributed by atoms with E-state index in [9.17, 15) is 4.79 Å². The lowest BCUT2D eigenvalue weighted by molar-refractivity contribution is -0.0140. The molecule has 2 aliphatic rings. The Kier molecular flexibility index (Phi) is 6.85. The monoisotopic (exact) mass is 483 g/mol. The molecule has 2 aromatic rings. The number of nitriles is 1. The summed E-state index contributed by atoms with van der Waals surface area (Å²) in [4.78, 5) is 23.2. The highest BCUT2D eigenvalue weighted by molar-refractivity contribution is 6.33. The van der Waals surface area contributed by atoms with Crippen molar-refractivity contribution in [3.8, 4) is 11.9 Å². The molecule has 8 nitrogen and oxygen atoms in total. The van der Waals surface area contributed by atoms with Crippen LogP contribution < -0.4 is 10.1 Å². The van der Waals surface area contributed by atoms with Crippen LogP contribution in [0.3, 0.4) is 0 Å². The van der Waals surface area contributed by atoms with Crippen molar-refractivity contribution < 1.29 is 14.3 Å². The van der Waals surface area contributed by atoms with Crippen LogP contribution in [-0.4, -0.2) is 45.8 Å². The van der Waals surface area contributed by atoms with Crippen molar-refractivity contribution in [1.82, 2.24) is 14.9 Å². The number of halogens is 1. The molecule has 0 bridgehead atoms. The first-order valence-electron chi connectivity index (χ1n) is 11.7. The van der Waals surface area contributed by atoms with E-state index in [0.29, 0.717) is 41.1 Å². The van der Waals surface area contributed by atoms with Gasteiger partial charge in [-0.3, -0.25) is 0 Å². The van der Waals surface area contributed by atoms with Crippen molar-refractivity contribution in [2.24, 2.45) is 11.8 Å². The summed E-state index contributed by atoms with van der Waals surface area (Å²) < 4.78 is 12.1. The van der Waals surface area contributed by atoms with E-state index in [2.05, 4.69) is 35.2 Å². The van der Waals surface area contributed by atoms with Crippen LogP contribution in [0.1, 0.15) is 51.2 Å². The zero-order valence-electron chi connectivity index (χ0n) is 20.0. The lowest BCUT2D eigenvalue weighted by atomic mass is 9.85. The van der Waals surface area contributed by atoms with Gasteiger partial charge in [0.2, 0.25) is 5.88 Å². The van der Waals surface area contributed by atoms with Gasteiger partial charge in [0.25, 0.3) is 0 Å². The molecule has 3 atom stereocenters. The fraction of sp³-hybridized carbons (Fsp3) is 0.520. The number of likely N-dealkylation sites (tertiary alicyclic amines) is 1. The number of nitrogens with zero attached hydrogens (tertiary/aromatic N) is 4. The first kappa shape index (κ1) is 24.1. The third-order valence-electron chi connectivity index (χ3n) is 6.70. The quantitative estimate of drug-likeness (QED) is 0.581. The maximum absolute atomic E-state index is 12.7. The predicted octanol–water partition coefficient (Wildman–Crippen LogP) is 5.47. The molecule has 1 aromatic heterocycles. The Hall–Kier alpha value is -3.05. The van der Waals surface area contributed by atoms with Crippen LogP contribution in [0, 0.1) is 30.1 Å². The largest absolute Gasteiger partial charge is 0.473 e. The molecule has 1 amide bonds. The van der Waals surface area contributed by atoms with E-state index >= 15 is 0 Å². The number of carbonyl (C=O) groups is 1. The maximum atomic E-state index is 12.7. The molecule has 1 N–H and O–H groups in total. The highest BCUT2D eigenvalue weighted by Gasteiger charge is 2.45. The van der Waals surface area contributed by atoms with E-state index in [0.717, 1.165) is 24.8 Å². The molecule has 3 unspecified atom stereocenters. The number of ether oxygens (including phenoxy) is 2. The van der Waals surface area contributed by atoms with Gasteiger partial charge in [-0.25, -0.2) is 14.8 Å². The van der Waals surface area contributed by atoms with Crippen LogP contribution >= 0.6 is 11.6 Å². The Balaban J connectivity index is 1.47. The number of nitrogens with one attached hydrogen (secondary N) is 1. The minimum Gasteiger partial charge on any atom is -0.473 e. The third kappa shape index (κ3) is 5.20. The van der Waals surface area contributed by atoms with Gasteiger partial charge in [-0.05, 0) is 51.3 Å². The van der Waals surface area contributed by atoms with Gasteiger partial charge in [0.1, 0.15) is 23.9 Å². The van der Waals surface area contributed by atoms with Crippen molar-refractivity contribution in [2.75, 3.05) is 18.4 Å². The lowest BCUT2D eigenvalue weighted by Crippen LogP contribution is -2.53. The zero-order valence-corrected chi connectivity index (χ0v) is 20.7. The summed E-state index contributed by atoms with van der Waals surface area (Å²) in [5.41, 5.74) is 1.60. The molecule has 0 radical (unpaired) electrons. The Bertz CT molecular complexity index is 1110. The number of rotatable bonds is 6. The van der Waals surface area contributed by atoms with Crippen LogP contribution in [0.25, 0.3) is 0 Å². The number of anilines is 2. The number of hydrogen-bond acceptors (Lipinski definition) is 7. The fourth-order valence-corrected chi connectivity index (χ4v) is 4.50. The van der Waals surface area contributed by atoms with E-state index in [1.54, 1.807) is 18.2 Å². The molecule has 1 aliphatic heterocycles. The highest BCUT2D eigenvalue weighted by Crippen LogP contribution is 2.40. The van der Waals surface area contributed by atoms with Crippen LogP contribution in [0.4, 0.5) is 16.3 Å². The molecular formula is C25H30ClN5O3. The van der Waals surface area contributed by atoms with E-state index in [-0.39, 0.29) is 29.6 Å². The van der Waals surface area contributed by atoms with Crippen LogP contribution in [0.15, 0.2) is 24.5 Å². The Morgan fingerprint density at radius 3 is 2.76 bits per heavy atom. The normalized spacial score (nSPS) is 23.1. The third-order valence-corrected chi connectivity index (χ3v) is 7.01.